The highest BCUT2D eigenvalue weighted by Gasteiger charge is 2.10. The van der Waals surface area contributed by atoms with Crippen molar-refractivity contribution >= 4 is 10.8 Å². The molecule has 4 heteroatoms. The van der Waals surface area contributed by atoms with Gasteiger partial charge in [-0.25, -0.2) is 9.37 Å². The van der Waals surface area contributed by atoms with Gasteiger partial charge in [-0.05, 0) is 23.9 Å². The molecule has 0 atom stereocenters. The number of hydrogen-bond acceptors (Lipinski definition) is 2. The Balaban J connectivity index is 2.26. The molecule has 1 N–H and O–H groups in total. The molecule has 1 aromatic heterocycles. The average molecular weight is 282 g/mol. The molecule has 0 aliphatic heterocycles. The standard InChI is InChI=1S/C17H15FN2O/c1-2-5-11-10-16(21)20-17(19-11)14-8-9-15(18)13-7-4-3-6-12(13)14/h3-4,6-10H,2,5H2,1H3,(H,19,20,21). The Labute approximate surface area is 121 Å². The smallest absolute Gasteiger partial charge is 0.251 e. The van der Waals surface area contributed by atoms with Gasteiger partial charge in [-0.1, -0.05) is 37.6 Å². The summed E-state index contributed by atoms with van der Waals surface area (Å²) in [5.41, 5.74) is 1.31. The van der Waals surface area contributed by atoms with Crippen LogP contribution in [0.3, 0.4) is 0 Å². The summed E-state index contributed by atoms with van der Waals surface area (Å²) >= 11 is 0. The molecule has 0 aliphatic rings. The summed E-state index contributed by atoms with van der Waals surface area (Å²) in [5, 5.41) is 1.27. The number of hydrogen-bond donors (Lipinski definition) is 1. The molecular weight excluding hydrogens is 267 g/mol. The molecular formula is C17H15FN2O. The lowest BCUT2D eigenvalue weighted by Gasteiger charge is -2.08. The molecule has 0 spiro atoms. The van der Waals surface area contributed by atoms with Gasteiger partial charge in [0.15, 0.2) is 0 Å². The van der Waals surface area contributed by atoms with Crippen LogP contribution >= 0.6 is 0 Å². The third-order valence-corrected chi connectivity index (χ3v) is 3.43. The second-order valence-corrected chi connectivity index (χ2v) is 4.98. The fourth-order valence-corrected chi connectivity index (χ4v) is 2.49. The first kappa shape index (κ1) is 13.5. The van der Waals surface area contributed by atoms with E-state index in [-0.39, 0.29) is 11.4 Å². The highest BCUT2D eigenvalue weighted by molar-refractivity contribution is 5.95. The van der Waals surface area contributed by atoms with E-state index in [1.165, 1.54) is 12.1 Å². The number of halogens is 1. The highest BCUT2D eigenvalue weighted by atomic mass is 19.1. The average Bonchev–Trinajstić information content (AvgIpc) is 2.47. The lowest BCUT2D eigenvalue weighted by molar-refractivity contribution is 0.640. The summed E-state index contributed by atoms with van der Waals surface area (Å²) < 4.78 is 13.9. The Bertz CT molecular complexity index is 855. The number of aromatic amines is 1. The van der Waals surface area contributed by atoms with Crippen LogP contribution in [-0.4, -0.2) is 9.97 Å². The summed E-state index contributed by atoms with van der Waals surface area (Å²) in [6.07, 6.45) is 1.66. The van der Waals surface area contributed by atoms with Gasteiger partial charge in [0, 0.05) is 22.7 Å². The maximum Gasteiger partial charge on any atom is 0.251 e. The van der Waals surface area contributed by atoms with Crippen molar-refractivity contribution in [3.63, 3.8) is 0 Å². The molecule has 0 aliphatic carbocycles. The van der Waals surface area contributed by atoms with E-state index in [1.807, 2.05) is 19.1 Å². The van der Waals surface area contributed by atoms with E-state index in [0.717, 1.165) is 29.5 Å². The molecule has 3 nitrogen and oxygen atoms in total. The molecule has 0 unspecified atom stereocenters. The van der Waals surface area contributed by atoms with Gasteiger partial charge in [-0.3, -0.25) is 4.79 Å². The molecule has 2 aromatic carbocycles. The van der Waals surface area contributed by atoms with E-state index >= 15 is 0 Å². The number of benzene rings is 2. The van der Waals surface area contributed by atoms with Crippen molar-refractivity contribution < 1.29 is 4.39 Å². The number of nitrogens with zero attached hydrogens (tertiary/aromatic N) is 1. The molecule has 0 fully saturated rings. The van der Waals surface area contributed by atoms with Gasteiger partial charge >= 0.3 is 0 Å². The van der Waals surface area contributed by atoms with Gasteiger partial charge < -0.3 is 4.98 Å². The minimum Gasteiger partial charge on any atom is -0.306 e. The summed E-state index contributed by atoms with van der Waals surface area (Å²) in [7, 11) is 0. The molecule has 0 bridgehead atoms. The fraction of sp³-hybridized carbons (Fsp3) is 0.176. The van der Waals surface area contributed by atoms with Crippen molar-refractivity contribution in [2.45, 2.75) is 19.8 Å². The lowest BCUT2D eigenvalue weighted by atomic mass is 10.0. The molecule has 0 saturated heterocycles. The van der Waals surface area contributed by atoms with Gasteiger partial charge in [0.25, 0.3) is 5.56 Å². The molecule has 21 heavy (non-hydrogen) atoms. The molecule has 3 rings (SSSR count). The van der Waals surface area contributed by atoms with Crippen molar-refractivity contribution in [2.24, 2.45) is 0 Å². The number of rotatable bonds is 3. The molecule has 3 aromatic rings. The second kappa shape index (κ2) is 5.48. The van der Waals surface area contributed by atoms with E-state index in [1.54, 1.807) is 18.2 Å². The minimum absolute atomic E-state index is 0.183. The second-order valence-electron chi connectivity index (χ2n) is 4.98. The topological polar surface area (TPSA) is 45.8 Å². The van der Waals surface area contributed by atoms with Crippen LogP contribution in [0.5, 0.6) is 0 Å². The number of aromatic nitrogens is 2. The number of H-pyrrole nitrogens is 1. The van der Waals surface area contributed by atoms with Crippen LogP contribution in [0.25, 0.3) is 22.2 Å². The van der Waals surface area contributed by atoms with Crippen LogP contribution in [0.15, 0.2) is 47.3 Å². The minimum atomic E-state index is -0.276. The van der Waals surface area contributed by atoms with Crippen LogP contribution < -0.4 is 5.56 Å². The molecule has 0 amide bonds. The molecule has 0 radical (unpaired) electrons. The van der Waals surface area contributed by atoms with Gasteiger partial charge in [-0.15, -0.1) is 0 Å². The Morgan fingerprint density at radius 1 is 1.14 bits per heavy atom. The lowest BCUT2D eigenvalue weighted by Crippen LogP contribution is -2.10. The summed E-state index contributed by atoms with van der Waals surface area (Å²) in [5.74, 6) is 0.212. The van der Waals surface area contributed by atoms with Crippen molar-refractivity contribution in [2.75, 3.05) is 0 Å². The summed E-state index contributed by atoms with van der Waals surface area (Å²) in [6, 6.07) is 11.8. The largest absolute Gasteiger partial charge is 0.306 e. The zero-order valence-corrected chi connectivity index (χ0v) is 11.7. The number of nitrogens with one attached hydrogen (secondary N) is 1. The van der Waals surface area contributed by atoms with E-state index in [4.69, 9.17) is 0 Å². The third kappa shape index (κ3) is 2.57. The quantitative estimate of drug-likeness (QED) is 0.796. The fourth-order valence-electron chi connectivity index (χ4n) is 2.49. The van der Waals surface area contributed by atoms with E-state index in [0.29, 0.717) is 11.2 Å². The Morgan fingerprint density at radius 2 is 1.90 bits per heavy atom. The van der Waals surface area contributed by atoms with Gasteiger partial charge in [0.1, 0.15) is 11.6 Å². The van der Waals surface area contributed by atoms with E-state index in [9.17, 15) is 9.18 Å². The normalized spacial score (nSPS) is 11.0. The van der Waals surface area contributed by atoms with Crippen molar-refractivity contribution in [3.05, 3.63) is 64.3 Å². The first-order valence-electron chi connectivity index (χ1n) is 6.97. The van der Waals surface area contributed by atoms with Crippen LogP contribution in [0.4, 0.5) is 4.39 Å². The first-order valence-corrected chi connectivity index (χ1v) is 6.97. The Hall–Kier alpha value is -2.49. The van der Waals surface area contributed by atoms with Crippen molar-refractivity contribution in [1.82, 2.24) is 9.97 Å². The van der Waals surface area contributed by atoms with Gasteiger partial charge in [0.05, 0.1) is 0 Å². The van der Waals surface area contributed by atoms with Crippen LogP contribution in [0.2, 0.25) is 0 Å². The zero-order valence-electron chi connectivity index (χ0n) is 11.7. The van der Waals surface area contributed by atoms with E-state index in [2.05, 4.69) is 9.97 Å². The predicted molar refractivity (Wildman–Crippen MR) is 81.8 cm³/mol. The molecule has 106 valence electrons. The van der Waals surface area contributed by atoms with Crippen LogP contribution in [0.1, 0.15) is 19.0 Å². The van der Waals surface area contributed by atoms with Crippen molar-refractivity contribution in [1.29, 1.82) is 0 Å². The molecule has 1 heterocycles. The van der Waals surface area contributed by atoms with Crippen molar-refractivity contribution in [3.8, 4) is 11.4 Å². The van der Waals surface area contributed by atoms with Gasteiger partial charge in [-0.2, -0.15) is 0 Å². The van der Waals surface area contributed by atoms with Crippen LogP contribution in [-0.2, 0) is 6.42 Å². The Kier molecular flexibility index (Phi) is 3.52. The monoisotopic (exact) mass is 282 g/mol. The third-order valence-electron chi connectivity index (χ3n) is 3.43. The zero-order chi connectivity index (χ0) is 14.8. The molecule has 0 saturated carbocycles. The maximum atomic E-state index is 13.9. The predicted octanol–water partition coefficient (Wildman–Crippen LogP) is 3.68. The first-order chi connectivity index (χ1) is 10.2. The number of aryl methyl sites for hydroxylation is 1. The number of fused-ring (bicyclic) bond motifs is 1. The maximum absolute atomic E-state index is 13.9. The van der Waals surface area contributed by atoms with E-state index < -0.39 is 0 Å². The summed E-state index contributed by atoms with van der Waals surface area (Å²) in [6.45, 7) is 2.04. The Morgan fingerprint density at radius 3 is 2.67 bits per heavy atom. The SMILES string of the molecule is CCCc1cc(=O)[nH]c(-c2ccc(F)c3ccccc23)n1. The van der Waals surface area contributed by atoms with Gasteiger partial charge in [0.2, 0.25) is 0 Å². The summed E-state index contributed by atoms with van der Waals surface area (Å²) in [4.78, 5) is 19.0. The van der Waals surface area contributed by atoms with Crippen LogP contribution in [0, 0.1) is 5.82 Å². The highest BCUT2D eigenvalue weighted by Crippen LogP contribution is 2.27.